The number of aliphatic hydroxyl groups is 1. The summed E-state index contributed by atoms with van der Waals surface area (Å²) in [7, 11) is 0. The summed E-state index contributed by atoms with van der Waals surface area (Å²) in [6, 6.07) is 0. The van der Waals surface area contributed by atoms with E-state index in [2.05, 4.69) is 5.10 Å². The van der Waals surface area contributed by atoms with Gasteiger partial charge in [-0.2, -0.15) is 5.10 Å². The Hall–Kier alpha value is -1.96. The molecule has 15 heavy (non-hydrogen) atoms. The zero-order chi connectivity index (χ0) is 11.6. The smallest absolute Gasteiger partial charge is 0.337 e. The van der Waals surface area contributed by atoms with Crippen LogP contribution < -0.4 is 0 Å². The first-order chi connectivity index (χ1) is 6.83. The number of carboxylic acids is 1. The summed E-state index contributed by atoms with van der Waals surface area (Å²) in [4.78, 5) is 20.2. The second-order valence-electron chi connectivity index (χ2n) is 3.23. The Labute approximate surface area is 83.9 Å². The summed E-state index contributed by atoms with van der Waals surface area (Å²) in [5.41, 5.74) is -2.25. The molecule has 0 aliphatic rings. The van der Waals surface area contributed by atoms with Gasteiger partial charge in [0.25, 0.3) is 0 Å². The van der Waals surface area contributed by atoms with Gasteiger partial charge in [0.2, 0.25) is 0 Å². The van der Waals surface area contributed by atoms with Gasteiger partial charge in [-0.05, 0) is 6.92 Å². The van der Waals surface area contributed by atoms with E-state index in [0.717, 1.165) is 24.0 Å². The molecular formula is C7H9N3O5. The number of hydrogen-bond donors (Lipinski definition) is 2. The van der Waals surface area contributed by atoms with Gasteiger partial charge in [-0.1, -0.05) is 0 Å². The predicted molar refractivity (Wildman–Crippen MR) is 47.1 cm³/mol. The average Bonchev–Trinajstić information content (AvgIpc) is 2.51. The van der Waals surface area contributed by atoms with Crippen LogP contribution in [0, 0.1) is 10.1 Å². The molecule has 0 aliphatic heterocycles. The molecule has 1 unspecified atom stereocenters. The van der Waals surface area contributed by atoms with Crippen LogP contribution in [0.3, 0.4) is 0 Å². The Morgan fingerprint density at radius 1 is 1.80 bits per heavy atom. The van der Waals surface area contributed by atoms with Gasteiger partial charge >= 0.3 is 11.7 Å². The van der Waals surface area contributed by atoms with Crippen molar-refractivity contribution in [3.63, 3.8) is 0 Å². The van der Waals surface area contributed by atoms with Crippen LogP contribution in [0.4, 0.5) is 5.69 Å². The van der Waals surface area contributed by atoms with Crippen LogP contribution >= 0.6 is 0 Å². The molecule has 0 amide bonds. The Morgan fingerprint density at radius 3 is 2.80 bits per heavy atom. The first-order valence-electron chi connectivity index (χ1n) is 3.95. The van der Waals surface area contributed by atoms with Crippen molar-refractivity contribution in [1.29, 1.82) is 0 Å². The predicted octanol–water partition coefficient (Wildman–Crippen LogP) is -0.373. The molecule has 0 aromatic carbocycles. The van der Waals surface area contributed by atoms with Crippen molar-refractivity contribution in [3.05, 3.63) is 22.5 Å². The van der Waals surface area contributed by atoms with Crippen molar-refractivity contribution < 1.29 is 19.9 Å². The van der Waals surface area contributed by atoms with Gasteiger partial charge < -0.3 is 10.2 Å². The maximum Gasteiger partial charge on any atom is 0.337 e. The molecule has 1 rings (SSSR count). The first kappa shape index (κ1) is 11.1. The van der Waals surface area contributed by atoms with Gasteiger partial charge in [0, 0.05) is 0 Å². The fourth-order valence-electron chi connectivity index (χ4n) is 0.916. The van der Waals surface area contributed by atoms with Crippen LogP contribution in [-0.4, -0.2) is 36.5 Å². The van der Waals surface area contributed by atoms with Gasteiger partial charge in [0.05, 0.1) is 11.5 Å². The van der Waals surface area contributed by atoms with E-state index in [0.29, 0.717) is 0 Å². The number of nitro groups is 1. The van der Waals surface area contributed by atoms with Crippen LogP contribution in [0.25, 0.3) is 0 Å². The Balaban J connectivity index is 2.82. The molecule has 0 saturated carbocycles. The normalized spacial score (nSPS) is 14.5. The lowest BCUT2D eigenvalue weighted by atomic mass is 10.1. The van der Waals surface area contributed by atoms with Crippen LogP contribution in [-0.2, 0) is 11.3 Å². The number of nitrogens with zero attached hydrogens (tertiary/aromatic N) is 3. The highest BCUT2D eigenvalue weighted by molar-refractivity contribution is 5.76. The molecule has 0 radical (unpaired) electrons. The molecule has 0 spiro atoms. The summed E-state index contributed by atoms with van der Waals surface area (Å²) in [5.74, 6) is -1.42. The number of carbonyl (C=O) groups is 1. The van der Waals surface area contributed by atoms with E-state index in [4.69, 9.17) is 5.11 Å². The van der Waals surface area contributed by atoms with E-state index in [1.165, 1.54) is 0 Å². The van der Waals surface area contributed by atoms with Crippen molar-refractivity contribution in [2.75, 3.05) is 0 Å². The highest BCUT2D eigenvalue weighted by Crippen LogP contribution is 2.12. The number of aliphatic carboxylic acids is 1. The molecule has 1 heterocycles. The second-order valence-corrected chi connectivity index (χ2v) is 3.23. The lowest BCUT2D eigenvalue weighted by Crippen LogP contribution is -2.39. The molecule has 0 saturated heterocycles. The van der Waals surface area contributed by atoms with Gasteiger partial charge in [-0.15, -0.1) is 0 Å². The Morgan fingerprint density at radius 2 is 2.40 bits per heavy atom. The van der Waals surface area contributed by atoms with Crippen LogP contribution in [0.2, 0.25) is 0 Å². The molecule has 2 N–H and O–H groups in total. The topological polar surface area (TPSA) is 118 Å². The van der Waals surface area contributed by atoms with Crippen molar-refractivity contribution in [1.82, 2.24) is 9.78 Å². The van der Waals surface area contributed by atoms with E-state index in [-0.39, 0.29) is 12.2 Å². The van der Waals surface area contributed by atoms with Gasteiger partial charge in [-0.3, -0.25) is 14.8 Å². The summed E-state index contributed by atoms with van der Waals surface area (Å²) < 4.78 is 1.01. The van der Waals surface area contributed by atoms with Crippen LogP contribution in [0.15, 0.2) is 12.4 Å². The molecule has 1 atom stereocenters. The van der Waals surface area contributed by atoms with E-state index in [1.54, 1.807) is 0 Å². The molecule has 0 bridgehead atoms. The third kappa shape index (κ3) is 2.50. The Bertz CT molecular complexity index is 397. The fraction of sp³-hybridized carbons (Fsp3) is 0.429. The minimum absolute atomic E-state index is 0.254. The fourth-order valence-corrected chi connectivity index (χ4v) is 0.916. The van der Waals surface area contributed by atoms with E-state index in [1.807, 2.05) is 0 Å². The summed E-state index contributed by atoms with van der Waals surface area (Å²) in [6.07, 6.45) is 2.04. The third-order valence-electron chi connectivity index (χ3n) is 1.76. The molecule has 8 nitrogen and oxygen atoms in total. The SMILES string of the molecule is CC(O)(Cn1cc([N+](=O)[O-])cn1)C(=O)O. The maximum atomic E-state index is 10.5. The number of carboxylic acid groups (broad SMARTS) is 1. The van der Waals surface area contributed by atoms with Crippen molar-refractivity contribution in [2.24, 2.45) is 0 Å². The highest BCUT2D eigenvalue weighted by Gasteiger charge is 2.31. The molecule has 8 heteroatoms. The molecule has 1 aromatic heterocycles. The summed E-state index contributed by atoms with van der Waals surface area (Å²) in [6.45, 7) is 0.735. The molecule has 0 aliphatic carbocycles. The monoisotopic (exact) mass is 215 g/mol. The third-order valence-corrected chi connectivity index (χ3v) is 1.76. The lowest BCUT2D eigenvalue weighted by Gasteiger charge is -2.16. The second kappa shape index (κ2) is 3.65. The average molecular weight is 215 g/mol. The number of rotatable bonds is 4. The summed E-state index contributed by atoms with van der Waals surface area (Å²) >= 11 is 0. The van der Waals surface area contributed by atoms with Gasteiger partial charge in [-0.25, -0.2) is 4.79 Å². The minimum atomic E-state index is -2.00. The zero-order valence-corrected chi connectivity index (χ0v) is 7.82. The highest BCUT2D eigenvalue weighted by atomic mass is 16.6. The van der Waals surface area contributed by atoms with Crippen molar-refractivity contribution in [2.45, 2.75) is 19.1 Å². The molecule has 0 fully saturated rings. The largest absolute Gasteiger partial charge is 0.479 e. The minimum Gasteiger partial charge on any atom is -0.479 e. The number of hydrogen-bond acceptors (Lipinski definition) is 5. The molecule has 82 valence electrons. The van der Waals surface area contributed by atoms with Crippen LogP contribution in [0.1, 0.15) is 6.92 Å². The van der Waals surface area contributed by atoms with Crippen LogP contribution in [0.5, 0.6) is 0 Å². The van der Waals surface area contributed by atoms with E-state index in [9.17, 15) is 20.0 Å². The lowest BCUT2D eigenvalue weighted by molar-refractivity contribution is -0.385. The van der Waals surface area contributed by atoms with Crippen molar-refractivity contribution >= 4 is 11.7 Å². The van der Waals surface area contributed by atoms with Gasteiger partial charge in [0.1, 0.15) is 12.4 Å². The first-order valence-corrected chi connectivity index (χ1v) is 3.95. The standard InChI is InChI=1S/C7H9N3O5/c1-7(13,6(11)12)4-9-3-5(2-8-9)10(14)15/h2-3,13H,4H2,1H3,(H,11,12). The summed E-state index contributed by atoms with van der Waals surface area (Å²) in [5, 5.41) is 31.8. The zero-order valence-electron chi connectivity index (χ0n) is 7.82. The van der Waals surface area contributed by atoms with E-state index >= 15 is 0 Å². The van der Waals surface area contributed by atoms with E-state index < -0.39 is 16.5 Å². The maximum absolute atomic E-state index is 10.5. The molecule has 1 aromatic rings. The Kier molecular flexibility index (Phi) is 2.71. The van der Waals surface area contributed by atoms with Gasteiger partial charge in [0.15, 0.2) is 5.60 Å². The van der Waals surface area contributed by atoms with Crippen molar-refractivity contribution in [3.8, 4) is 0 Å². The quantitative estimate of drug-likeness (QED) is 0.522. The number of aromatic nitrogens is 2. The molecular weight excluding hydrogens is 206 g/mol.